The van der Waals surface area contributed by atoms with E-state index in [1.807, 2.05) is 78.9 Å². The first kappa shape index (κ1) is 32.4. The molecule has 2 aromatic heterocycles. The lowest BCUT2D eigenvalue weighted by Crippen LogP contribution is -2.44. The predicted molar refractivity (Wildman–Crippen MR) is 193 cm³/mol. The molecule has 1 amide bonds. The van der Waals surface area contributed by atoms with Gasteiger partial charge in [0.2, 0.25) is 5.91 Å². The van der Waals surface area contributed by atoms with Gasteiger partial charge in [-0.2, -0.15) is 4.98 Å². The molecular weight excluding hydrogens is 651 g/mol. The number of imidazole rings is 1. The highest BCUT2D eigenvalue weighted by Gasteiger charge is 2.39. The lowest BCUT2D eigenvalue weighted by Gasteiger charge is -2.26. The van der Waals surface area contributed by atoms with Gasteiger partial charge in [0.15, 0.2) is 5.58 Å². The molecule has 1 fully saturated rings. The van der Waals surface area contributed by atoms with Crippen molar-refractivity contribution in [1.82, 2.24) is 14.5 Å². The molecule has 0 aliphatic carbocycles. The van der Waals surface area contributed by atoms with Crippen LogP contribution >= 0.6 is 0 Å². The largest absolute Gasteiger partial charge is 0.497 e. The highest BCUT2D eigenvalue weighted by molar-refractivity contribution is 5.92. The summed E-state index contributed by atoms with van der Waals surface area (Å²) in [5, 5.41) is 0. The number of nitrogens with two attached hydrogens (primary N) is 1. The first-order valence-electron chi connectivity index (χ1n) is 17.2. The van der Waals surface area contributed by atoms with Gasteiger partial charge < -0.3 is 38.7 Å². The van der Waals surface area contributed by atoms with Crippen LogP contribution in [0, 0.1) is 0 Å². The van der Waals surface area contributed by atoms with E-state index in [0.717, 1.165) is 58.9 Å². The zero-order valence-corrected chi connectivity index (χ0v) is 28.5. The molecule has 0 bridgehead atoms. The molecular formula is C39H39FN6O5. The summed E-state index contributed by atoms with van der Waals surface area (Å²) >= 11 is 0. The van der Waals surface area contributed by atoms with Gasteiger partial charge in [-0.25, -0.2) is 9.37 Å². The Bertz CT molecular complexity index is 2150. The van der Waals surface area contributed by atoms with E-state index in [1.54, 1.807) is 19.1 Å². The summed E-state index contributed by atoms with van der Waals surface area (Å²) in [6.07, 6.45) is 0.698. The number of anilines is 2. The molecule has 12 heteroatoms. The zero-order valence-electron chi connectivity index (χ0n) is 28.5. The number of nitrogens with zero attached hydrogens (tertiary/aromatic N) is 5. The monoisotopic (exact) mass is 690 g/mol. The first-order chi connectivity index (χ1) is 24.9. The van der Waals surface area contributed by atoms with Gasteiger partial charge in [-0.05, 0) is 78.9 Å². The van der Waals surface area contributed by atoms with E-state index < -0.39 is 18.1 Å². The van der Waals surface area contributed by atoms with Crippen LogP contribution in [0.3, 0.4) is 0 Å². The molecule has 262 valence electrons. The van der Waals surface area contributed by atoms with Crippen molar-refractivity contribution >= 4 is 39.7 Å². The highest BCUT2D eigenvalue weighted by Crippen LogP contribution is 2.39. The fourth-order valence-electron chi connectivity index (χ4n) is 7.14. The van der Waals surface area contributed by atoms with Gasteiger partial charge in [0.25, 0.3) is 6.01 Å². The number of oxazole rings is 1. The topological polar surface area (TPSA) is 121 Å². The van der Waals surface area contributed by atoms with Crippen molar-refractivity contribution in [2.75, 3.05) is 37.2 Å². The molecule has 2 aliphatic heterocycles. The Kier molecular flexibility index (Phi) is 8.58. The number of hydrogen-bond donors (Lipinski definition) is 1. The molecule has 1 saturated heterocycles. The van der Waals surface area contributed by atoms with Crippen LogP contribution in [0.15, 0.2) is 83.3 Å². The number of primary amides is 1. The van der Waals surface area contributed by atoms with Crippen molar-refractivity contribution in [3.8, 4) is 28.6 Å². The predicted octanol–water partition coefficient (Wildman–Crippen LogP) is 6.64. The molecule has 2 N–H and O–H groups in total. The second kappa shape index (κ2) is 13.5. The average Bonchev–Trinajstić information content (AvgIpc) is 3.85. The van der Waals surface area contributed by atoms with E-state index in [-0.39, 0.29) is 6.42 Å². The van der Waals surface area contributed by atoms with Gasteiger partial charge in [-0.15, -0.1) is 0 Å². The summed E-state index contributed by atoms with van der Waals surface area (Å²) < 4.78 is 40.3. The molecule has 2 aliphatic rings. The van der Waals surface area contributed by atoms with Crippen molar-refractivity contribution in [1.29, 1.82) is 0 Å². The Morgan fingerprint density at radius 1 is 0.902 bits per heavy atom. The second-order valence-corrected chi connectivity index (χ2v) is 13.0. The maximum atomic E-state index is 14.7. The molecule has 6 aromatic rings. The van der Waals surface area contributed by atoms with Crippen LogP contribution in [0.2, 0.25) is 0 Å². The number of aromatic nitrogens is 3. The molecule has 2 atom stereocenters. The summed E-state index contributed by atoms with van der Waals surface area (Å²) in [6.45, 7) is 2.82. The van der Waals surface area contributed by atoms with Gasteiger partial charge in [-0.3, -0.25) is 4.79 Å². The zero-order chi connectivity index (χ0) is 35.1. The van der Waals surface area contributed by atoms with E-state index in [0.29, 0.717) is 60.3 Å². The van der Waals surface area contributed by atoms with Crippen LogP contribution in [-0.4, -0.2) is 60.0 Å². The number of fused-ring (bicyclic) bond motifs is 1. The number of methoxy groups -OCH3 is 2. The van der Waals surface area contributed by atoms with Crippen molar-refractivity contribution < 1.29 is 27.8 Å². The standard InChI is InChI=1S/C39H39FN6O5/c1-48-28-10-5-24(6-11-28)22-44(23-25-7-12-29(49-2)13-8-25)39-43-31-19-26(9-14-33(31)51-39)38-42-32-20-27(45-17-15-30(40)35(45)37(41)47)21-34-36(32)46(38)16-3-4-18-50-34/h5-14,19-21,30,35H,3-4,15-18,22-23H2,1-2H3,(H2,41,47)/t30-,35-/m0/s1. The summed E-state index contributed by atoms with van der Waals surface area (Å²) in [5.74, 6) is 2.33. The minimum absolute atomic E-state index is 0.235. The van der Waals surface area contributed by atoms with Gasteiger partial charge >= 0.3 is 0 Å². The van der Waals surface area contributed by atoms with Crippen LogP contribution in [0.25, 0.3) is 33.5 Å². The normalized spacial score (nSPS) is 17.3. The van der Waals surface area contributed by atoms with Crippen LogP contribution in [0.4, 0.5) is 16.1 Å². The van der Waals surface area contributed by atoms with Gasteiger partial charge in [0.05, 0.1) is 26.3 Å². The lowest BCUT2D eigenvalue weighted by atomic mass is 10.1. The number of carbonyl (C=O) groups excluding carboxylic acids is 1. The molecule has 0 unspecified atom stereocenters. The van der Waals surface area contributed by atoms with Crippen LogP contribution in [-0.2, 0) is 24.4 Å². The minimum atomic E-state index is -1.32. The Labute approximate surface area is 294 Å². The number of carbonyl (C=O) groups is 1. The Hall–Kier alpha value is -5.78. The third kappa shape index (κ3) is 6.26. The van der Waals surface area contributed by atoms with Crippen LogP contribution < -0.4 is 29.7 Å². The molecule has 8 rings (SSSR count). The van der Waals surface area contributed by atoms with Crippen molar-refractivity contribution in [2.24, 2.45) is 5.73 Å². The summed E-state index contributed by atoms with van der Waals surface area (Å²) in [6, 6.07) is 25.1. The van der Waals surface area contributed by atoms with E-state index in [9.17, 15) is 9.18 Å². The third-order valence-electron chi connectivity index (χ3n) is 9.74. The summed E-state index contributed by atoms with van der Waals surface area (Å²) in [4.78, 5) is 26.2. The number of alkyl halides is 1. The third-order valence-corrected chi connectivity index (χ3v) is 9.74. The van der Waals surface area contributed by atoms with Crippen molar-refractivity contribution in [3.05, 3.63) is 90.0 Å². The molecule has 4 heterocycles. The smallest absolute Gasteiger partial charge is 0.298 e. The van der Waals surface area contributed by atoms with Gasteiger partial charge in [0, 0.05) is 43.5 Å². The van der Waals surface area contributed by atoms with Gasteiger partial charge in [-0.1, -0.05) is 24.3 Å². The summed E-state index contributed by atoms with van der Waals surface area (Å²) in [5.41, 5.74) is 12.3. The van der Waals surface area contributed by atoms with E-state index in [2.05, 4.69) is 9.47 Å². The number of rotatable bonds is 10. The Morgan fingerprint density at radius 2 is 1.61 bits per heavy atom. The van der Waals surface area contributed by atoms with Gasteiger partial charge in [0.1, 0.15) is 46.3 Å². The number of aryl methyl sites for hydroxylation is 1. The molecule has 0 spiro atoms. The fraction of sp³-hybridized carbons (Fsp3) is 0.308. The number of amides is 1. The number of halogens is 1. The molecule has 0 radical (unpaired) electrons. The Balaban J connectivity index is 1.17. The lowest BCUT2D eigenvalue weighted by molar-refractivity contribution is -0.120. The van der Waals surface area contributed by atoms with E-state index in [4.69, 9.17) is 34.3 Å². The minimum Gasteiger partial charge on any atom is -0.497 e. The number of benzene rings is 4. The molecule has 4 aromatic carbocycles. The highest BCUT2D eigenvalue weighted by atomic mass is 19.1. The summed E-state index contributed by atoms with van der Waals surface area (Å²) in [7, 11) is 3.31. The average molecular weight is 691 g/mol. The van der Waals surface area contributed by atoms with Crippen LogP contribution in [0.5, 0.6) is 17.2 Å². The SMILES string of the molecule is COc1ccc(CN(Cc2ccc(OC)cc2)c2nc3cc(-c4nc5cc(N6CC[C@H](F)[C@H]6C(N)=O)cc6c5n4CCCCO6)ccc3o2)cc1. The molecule has 51 heavy (non-hydrogen) atoms. The first-order valence-corrected chi connectivity index (χ1v) is 17.2. The quantitative estimate of drug-likeness (QED) is 0.169. The van der Waals surface area contributed by atoms with E-state index in [1.165, 1.54) is 0 Å². The number of ether oxygens (including phenoxy) is 3. The van der Waals surface area contributed by atoms with E-state index >= 15 is 0 Å². The fourth-order valence-corrected chi connectivity index (χ4v) is 7.14. The maximum absolute atomic E-state index is 14.7. The van der Waals surface area contributed by atoms with Crippen molar-refractivity contribution in [2.45, 2.75) is 51.1 Å². The second-order valence-electron chi connectivity index (χ2n) is 13.0. The van der Waals surface area contributed by atoms with Crippen molar-refractivity contribution in [3.63, 3.8) is 0 Å². The molecule has 0 saturated carbocycles. The van der Waals surface area contributed by atoms with Crippen LogP contribution in [0.1, 0.15) is 30.4 Å². The molecule has 11 nitrogen and oxygen atoms in total. The number of hydrogen-bond acceptors (Lipinski definition) is 9. The Morgan fingerprint density at radius 3 is 2.27 bits per heavy atom. The maximum Gasteiger partial charge on any atom is 0.298 e.